The van der Waals surface area contributed by atoms with Crippen LogP contribution >= 0.6 is 39.4 Å². The lowest BCUT2D eigenvalue weighted by Gasteiger charge is -1.97. The van der Waals surface area contributed by atoms with Gasteiger partial charge in [0.15, 0.2) is 0 Å². The number of halogens is 3. The molecule has 0 aliphatic rings. The van der Waals surface area contributed by atoms with E-state index >= 15 is 0 Å². The molecule has 0 atom stereocenters. The average molecular weight is 242 g/mol. The molecule has 0 fully saturated rings. The normalized spacial score (nSPS) is 9.50. The van der Waals surface area contributed by atoms with Crippen molar-refractivity contribution < 1.29 is 4.29 Å². The maximum Gasteiger partial charge on any atom is 0.147 e. The van der Waals surface area contributed by atoms with Crippen LogP contribution in [0.5, 0.6) is 5.75 Å². The predicted molar refractivity (Wildman–Crippen MR) is 45.6 cm³/mol. The van der Waals surface area contributed by atoms with E-state index in [2.05, 4.69) is 20.2 Å². The van der Waals surface area contributed by atoms with Crippen LogP contribution in [0.2, 0.25) is 5.02 Å². The zero-order valence-corrected chi connectivity index (χ0v) is 7.87. The summed E-state index contributed by atoms with van der Waals surface area (Å²) in [4.78, 5) is 0. The lowest BCUT2D eigenvalue weighted by atomic mass is 10.3. The SMILES string of the molecule is ClOc1ccc(Cl)c(Br)c1. The van der Waals surface area contributed by atoms with Crippen LogP contribution in [0.15, 0.2) is 22.7 Å². The first-order chi connectivity index (χ1) is 4.74. The molecule has 1 nitrogen and oxygen atoms in total. The molecule has 0 aromatic heterocycles. The van der Waals surface area contributed by atoms with E-state index in [0.29, 0.717) is 10.8 Å². The highest BCUT2D eigenvalue weighted by molar-refractivity contribution is 9.10. The quantitative estimate of drug-likeness (QED) is 0.730. The zero-order chi connectivity index (χ0) is 7.56. The van der Waals surface area contributed by atoms with Gasteiger partial charge in [-0.05, 0) is 34.1 Å². The van der Waals surface area contributed by atoms with Crippen LogP contribution in [0.3, 0.4) is 0 Å². The van der Waals surface area contributed by atoms with E-state index in [-0.39, 0.29) is 0 Å². The molecule has 1 aromatic carbocycles. The summed E-state index contributed by atoms with van der Waals surface area (Å²) in [6.45, 7) is 0. The third-order valence-corrected chi connectivity index (χ3v) is 2.37. The highest BCUT2D eigenvalue weighted by Crippen LogP contribution is 2.26. The maximum atomic E-state index is 5.69. The van der Waals surface area contributed by atoms with Crippen molar-refractivity contribution in [2.75, 3.05) is 0 Å². The largest absolute Gasteiger partial charge is 0.386 e. The van der Waals surface area contributed by atoms with Gasteiger partial charge in [-0.2, -0.15) is 0 Å². The fourth-order valence-electron chi connectivity index (χ4n) is 0.525. The number of rotatable bonds is 1. The summed E-state index contributed by atoms with van der Waals surface area (Å²) in [7, 11) is 0. The maximum absolute atomic E-state index is 5.69. The standard InChI is InChI=1S/C6H3BrCl2O/c7-5-3-4(10-9)1-2-6(5)8/h1-3H. The van der Waals surface area contributed by atoms with Crippen molar-refractivity contribution in [2.45, 2.75) is 0 Å². The molecular weight excluding hydrogens is 239 g/mol. The first-order valence-electron chi connectivity index (χ1n) is 2.47. The Kier molecular flexibility index (Phi) is 2.83. The Morgan fingerprint density at radius 2 is 2.10 bits per heavy atom. The van der Waals surface area contributed by atoms with Crippen molar-refractivity contribution in [3.05, 3.63) is 27.7 Å². The van der Waals surface area contributed by atoms with Crippen LogP contribution in [-0.4, -0.2) is 0 Å². The molecular formula is C6H3BrCl2O. The highest BCUT2D eigenvalue weighted by Gasteiger charge is 1.97. The third-order valence-electron chi connectivity index (χ3n) is 0.980. The van der Waals surface area contributed by atoms with Crippen LogP contribution in [0.4, 0.5) is 0 Å². The van der Waals surface area contributed by atoms with Gasteiger partial charge in [0.25, 0.3) is 0 Å². The van der Waals surface area contributed by atoms with Gasteiger partial charge in [0, 0.05) is 4.47 Å². The minimum atomic E-state index is 0.568. The van der Waals surface area contributed by atoms with Gasteiger partial charge in [0.1, 0.15) is 17.6 Å². The summed E-state index contributed by atoms with van der Waals surface area (Å²) in [5.74, 6) is 0.568. The van der Waals surface area contributed by atoms with Gasteiger partial charge in [0.2, 0.25) is 0 Å². The second-order valence-electron chi connectivity index (χ2n) is 1.65. The minimum Gasteiger partial charge on any atom is -0.386 e. The van der Waals surface area contributed by atoms with Gasteiger partial charge in [-0.25, -0.2) is 0 Å². The van der Waals surface area contributed by atoms with Crippen LogP contribution in [0.25, 0.3) is 0 Å². The topological polar surface area (TPSA) is 9.23 Å². The van der Waals surface area contributed by atoms with Crippen LogP contribution < -0.4 is 4.29 Å². The molecule has 0 aliphatic heterocycles. The summed E-state index contributed by atoms with van der Waals surface area (Å²) in [5, 5.41) is 0.637. The number of hydrogen-bond acceptors (Lipinski definition) is 1. The summed E-state index contributed by atoms with van der Waals surface area (Å²) in [6.07, 6.45) is 0. The Morgan fingerprint density at radius 3 is 2.60 bits per heavy atom. The fraction of sp³-hybridized carbons (Fsp3) is 0. The molecule has 0 N–H and O–H groups in total. The van der Waals surface area contributed by atoms with Crippen molar-refractivity contribution >= 4 is 39.4 Å². The Hall–Kier alpha value is 0.0800. The first-order valence-corrected chi connectivity index (χ1v) is 3.95. The first kappa shape index (κ1) is 8.18. The smallest absolute Gasteiger partial charge is 0.147 e. The predicted octanol–water partition coefficient (Wildman–Crippen LogP) is 3.64. The van der Waals surface area contributed by atoms with Gasteiger partial charge in [-0.1, -0.05) is 11.6 Å². The Labute approximate surface area is 77.2 Å². The monoisotopic (exact) mass is 240 g/mol. The van der Waals surface area contributed by atoms with Crippen molar-refractivity contribution in [1.29, 1.82) is 0 Å². The molecule has 54 valence electrons. The second-order valence-corrected chi connectivity index (χ2v) is 3.07. The molecule has 0 saturated heterocycles. The molecule has 0 amide bonds. The molecule has 0 heterocycles. The lowest BCUT2D eigenvalue weighted by molar-refractivity contribution is 0.619. The number of hydrogen-bond donors (Lipinski definition) is 0. The summed E-state index contributed by atoms with van der Waals surface area (Å²) < 4.78 is 5.20. The molecule has 0 aliphatic carbocycles. The van der Waals surface area contributed by atoms with Gasteiger partial charge in [-0.3, -0.25) is 0 Å². The Bertz CT molecular complexity index is 239. The molecule has 0 saturated carbocycles. The zero-order valence-electron chi connectivity index (χ0n) is 4.77. The molecule has 0 spiro atoms. The minimum absolute atomic E-state index is 0.568. The van der Waals surface area contributed by atoms with Crippen LogP contribution in [0.1, 0.15) is 0 Å². The Balaban J connectivity index is 3.04. The van der Waals surface area contributed by atoms with E-state index in [1.807, 2.05) is 0 Å². The molecule has 0 bridgehead atoms. The average Bonchev–Trinajstić information content (AvgIpc) is 1.95. The highest BCUT2D eigenvalue weighted by atomic mass is 79.9. The molecule has 4 heteroatoms. The molecule has 0 radical (unpaired) electrons. The van der Waals surface area contributed by atoms with Crippen LogP contribution in [-0.2, 0) is 0 Å². The van der Waals surface area contributed by atoms with Crippen LogP contribution in [0, 0.1) is 0 Å². The van der Waals surface area contributed by atoms with E-state index in [1.165, 1.54) is 0 Å². The van der Waals surface area contributed by atoms with E-state index < -0.39 is 0 Å². The third kappa shape index (κ3) is 1.78. The molecule has 1 aromatic rings. The molecule has 10 heavy (non-hydrogen) atoms. The van der Waals surface area contributed by atoms with Gasteiger partial charge in [0.05, 0.1) is 5.02 Å². The van der Waals surface area contributed by atoms with Crippen molar-refractivity contribution in [1.82, 2.24) is 0 Å². The summed E-state index contributed by atoms with van der Waals surface area (Å²) in [6, 6.07) is 5.07. The summed E-state index contributed by atoms with van der Waals surface area (Å²) >= 11 is 14.0. The van der Waals surface area contributed by atoms with Crippen molar-refractivity contribution in [2.24, 2.45) is 0 Å². The van der Waals surface area contributed by atoms with Gasteiger partial charge >= 0.3 is 0 Å². The lowest BCUT2D eigenvalue weighted by Crippen LogP contribution is -1.74. The fourth-order valence-corrected chi connectivity index (χ4v) is 1.10. The van der Waals surface area contributed by atoms with E-state index in [4.69, 9.17) is 23.5 Å². The van der Waals surface area contributed by atoms with Crippen molar-refractivity contribution in [3.8, 4) is 5.75 Å². The second kappa shape index (κ2) is 3.46. The van der Waals surface area contributed by atoms with E-state index in [0.717, 1.165) is 4.47 Å². The van der Waals surface area contributed by atoms with Gasteiger partial charge < -0.3 is 4.29 Å². The van der Waals surface area contributed by atoms with Gasteiger partial charge in [-0.15, -0.1) is 0 Å². The van der Waals surface area contributed by atoms with E-state index in [9.17, 15) is 0 Å². The van der Waals surface area contributed by atoms with Crippen molar-refractivity contribution in [3.63, 3.8) is 0 Å². The molecule has 1 rings (SSSR count). The molecule has 0 unspecified atom stereocenters. The number of benzene rings is 1. The van der Waals surface area contributed by atoms with E-state index in [1.54, 1.807) is 18.2 Å². The Morgan fingerprint density at radius 1 is 1.40 bits per heavy atom. The summed E-state index contributed by atoms with van der Waals surface area (Å²) in [5.41, 5.74) is 0.